The van der Waals surface area contributed by atoms with Gasteiger partial charge in [-0.15, -0.1) is 19.6 Å². The number of phenols is 1. The Kier molecular flexibility index (Phi) is 10.2. The Morgan fingerprint density at radius 1 is 1.05 bits per heavy atom. The second kappa shape index (κ2) is 15.1. The molecular formula is C41H40F5N7O4. The van der Waals surface area contributed by atoms with Crippen LogP contribution in [0.15, 0.2) is 42.6 Å². The van der Waals surface area contributed by atoms with E-state index in [1.54, 1.807) is 0 Å². The highest BCUT2D eigenvalue weighted by atomic mass is 19.4. The molecule has 0 spiro atoms. The quantitative estimate of drug-likeness (QED) is 0.128. The van der Waals surface area contributed by atoms with Crippen molar-refractivity contribution in [3.63, 3.8) is 0 Å². The lowest BCUT2D eigenvalue weighted by Gasteiger charge is -2.36. The number of hydrogen-bond donors (Lipinski definition) is 2. The summed E-state index contributed by atoms with van der Waals surface area (Å²) in [4.78, 5) is 22.6. The van der Waals surface area contributed by atoms with Crippen LogP contribution in [-0.4, -0.2) is 86.9 Å². The number of alkyl halides is 3. The fraction of sp³-hybridized carbons (Fsp3) is 0.415. The van der Waals surface area contributed by atoms with Crippen LogP contribution in [-0.2, 0) is 6.42 Å². The number of nitrogens with zero attached hydrogens (tertiary/aromatic N) is 6. The number of hydrogen-bond acceptors (Lipinski definition) is 11. The minimum Gasteiger partial charge on any atom is -0.508 e. The van der Waals surface area contributed by atoms with Crippen molar-refractivity contribution in [3.8, 4) is 47.0 Å². The number of ether oxygens (including phenoxy) is 3. The third-order valence-corrected chi connectivity index (χ3v) is 11.1. The van der Waals surface area contributed by atoms with Gasteiger partial charge in [0.2, 0.25) is 0 Å². The molecule has 298 valence electrons. The zero-order valence-electron chi connectivity index (χ0n) is 31.3. The van der Waals surface area contributed by atoms with Crippen LogP contribution in [0.25, 0.3) is 32.9 Å². The monoisotopic (exact) mass is 789 g/mol. The summed E-state index contributed by atoms with van der Waals surface area (Å²) in [5.74, 6) is 0.438. The molecule has 3 unspecified atom stereocenters. The lowest BCUT2D eigenvalue weighted by Crippen LogP contribution is -2.51. The molecule has 5 aromatic rings. The van der Waals surface area contributed by atoms with Crippen LogP contribution in [0.3, 0.4) is 0 Å². The van der Waals surface area contributed by atoms with Gasteiger partial charge >= 0.3 is 12.4 Å². The molecule has 57 heavy (non-hydrogen) atoms. The Hall–Kier alpha value is -5.53. The van der Waals surface area contributed by atoms with Crippen LogP contribution in [0.1, 0.15) is 57.2 Å². The number of aromatic hydroxyl groups is 1. The van der Waals surface area contributed by atoms with Crippen molar-refractivity contribution in [2.45, 2.75) is 76.5 Å². The minimum atomic E-state index is -4.92. The zero-order valence-corrected chi connectivity index (χ0v) is 31.3. The highest BCUT2D eigenvalue weighted by Crippen LogP contribution is 2.45. The van der Waals surface area contributed by atoms with Gasteiger partial charge in [0.1, 0.15) is 35.2 Å². The predicted octanol–water partition coefficient (Wildman–Crippen LogP) is 7.27. The number of pyridine rings is 2. The summed E-state index contributed by atoms with van der Waals surface area (Å²) in [5, 5.41) is 15.2. The van der Waals surface area contributed by atoms with Gasteiger partial charge in [-0.1, -0.05) is 25.8 Å². The second-order valence-corrected chi connectivity index (χ2v) is 14.3. The number of benzene rings is 2. The smallest absolute Gasteiger partial charge is 0.508 e. The van der Waals surface area contributed by atoms with Crippen molar-refractivity contribution in [1.82, 2.24) is 30.2 Å². The van der Waals surface area contributed by atoms with E-state index in [1.165, 1.54) is 36.5 Å². The van der Waals surface area contributed by atoms with E-state index < -0.39 is 35.5 Å². The Morgan fingerprint density at radius 3 is 2.70 bits per heavy atom. The Bertz CT molecular complexity index is 2390. The summed E-state index contributed by atoms with van der Waals surface area (Å²) >= 11 is 0. The molecule has 3 fully saturated rings. The van der Waals surface area contributed by atoms with E-state index in [9.17, 15) is 18.3 Å². The van der Waals surface area contributed by atoms with Crippen molar-refractivity contribution in [2.75, 3.05) is 37.7 Å². The van der Waals surface area contributed by atoms with Gasteiger partial charge in [-0.25, -0.2) is 18.7 Å². The SMILES string of the molecule is C#Cc1c(F)ccc2cc(O)cc(-c3nc4c5c(nc(OCC67CCCN6C(Oc6ncccc6OC(F)(F)F)CC7)nc5c3F)N3CCNCC3CC4)c12.CC. The number of piperazine rings is 1. The maximum atomic E-state index is 17.2. The molecule has 0 amide bonds. The van der Waals surface area contributed by atoms with E-state index in [2.05, 4.69) is 35.7 Å². The van der Waals surface area contributed by atoms with E-state index in [-0.39, 0.29) is 58.0 Å². The summed E-state index contributed by atoms with van der Waals surface area (Å²) in [6, 6.07) is 7.88. The fourth-order valence-corrected chi connectivity index (χ4v) is 8.76. The number of anilines is 1. The minimum absolute atomic E-state index is 0.0265. The molecule has 3 atom stereocenters. The maximum absolute atomic E-state index is 17.2. The number of fused-ring (bicyclic) bond motifs is 4. The van der Waals surface area contributed by atoms with Crippen molar-refractivity contribution in [2.24, 2.45) is 0 Å². The molecular weight excluding hydrogens is 749 g/mol. The van der Waals surface area contributed by atoms with E-state index >= 15 is 8.78 Å². The number of aryl methyl sites for hydroxylation is 1. The summed E-state index contributed by atoms with van der Waals surface area (Å²) in [5.41, 5.74) is -0.135. The first-order valence-corrected chi connectivity index (χ1v) is 19.1. The van der Waals surface area contributed by atoms with E-state index in [0.29, 0.717) is 80.6 Å². The van der Waals surface area contributed by atoms with Gasteiger partial charge in [0.25, 0.3) is 5.88 Å². The highest BCUT2D eigenvalue weighted by Gasteiger charge is 2.51. The van der Waals surface area contributed by atoms with E-state index in [1.807, 2.05) is 13.8 Å². The molecule has 0 bridgehead atoms. The first-order valence-electron chi connectivity index (χ1n) is 19.1. The first-order chi connectivity index (χ1) is 27.5. The van der Waals surface area contributed by atoms with Crippen LogP contribution in [0.5, 0.6) is 23.4 Å². The molecule has 16 heteroatoms. The number of rotatable bonds is 7. The van der Waals surface area contributed by atoms with Gasteiger partial charge in [0, 0.05) is 55.8 Å². The van der Waals surface area contributed by atoms with Gasteiger partial charge in [-0.3, -0.25) is 4.90 Å². The van der Waals surface area contributed by atoms with Crippen LogP contribution in [0.2, 0.25) is 0 Å². The molecule has 4 aliphatic heterocycles. The summed E-state index contributed by atoms with van der Waals surface area (Å²) in [6.07, 6.45) is 5.32. The standard InChI is InChI=1S/C39H34F5N7O4.C2H6/c1-2-24-26(40)8-6-21-17-23(52)18-25(30(21)24)33-32(41)34-31-27(47-33)9-7-22-19-45-14-16-50(22)35(31)49-37(48-34)53-20-38-11-4-15-51(38)29(10-12-38)54-36-28(5-3-13-46-36)55-39(42,43)44;1-2/h1,3,5-6,8,13,17-18,22,29,45,52H,4,7,9-12,14-16,19-20H2;1-2H3. The topological polar surface area (TPSA) is 118 Å². The van der Waals surface area contributed by atoms with Crippen LogP contribution >= 0.6 is 0 Å². The maximum Gasteiger partial charge on any atom is 0.573 e. The van der Waals surface area contributed by atoms with Gasteiger partial charge in [0.05, 0.1) is 22.2 Å². The molecule has 4 aliphatic rings. The lowest BCUT2D eigenvalue weighted by molar-refractivity contribution is -0.275. The number of halogens is 5. The number of aromatic nitrogens is 4. The highest BCUT2D eigenvalue weighted by molar-refractivity contribution is 6.03. The van der Waals surface area contributed by atoms with Crippen LogP contribution in [0, 0.1) is 24.0 Å². The molecule has 0 aliphatic carbocycles. The molecule has 9 rings (SSSR count). The molecule has 11 nitrogen and oxygen atoms in total. The Morgan fingerprint density at radius 2 is 1.89 bits per heavy atom. The molecule has 3 saturated heterocycles. The zero-order chi connectivity index (χ0) is 40.1. The van der Waals surface area contributed by atoms with Gasteiger partial charge in [-0.2, -0.15) is 9.97 Å². The summed E-state index contributed by atoms with van der Waals surface area (Å²) < 4.78 is 88.2. The third-order valence-electron chi connectivity index (χ3n) is 11.1. The molecule has 7 heterocycles. The van der Waals surface area contributed by atoms with Crippen molar-refractivity contribution < 1.29 is 41.3 Å². The van der Waals surface area contributed by atoms with Gasteiger partial charge < -0.3 is 29.5 Å². The van der Waals surface area contributed by atoms with E-state index in [0.717, 1.165) is 12.5 Å². The van der Waals surface area contributed by atoms with Gasteiger partial charge in [0.15, 0.2) is 17.8 Å². The summed E-state index contributed by atoms with van der Waals surface area (Å²) in [7, 11) is 0. The third kappa shape index (κ3) is 6.97. The molecule has 0 radical (unpaired) electrons. The van der Waals surface area contributed by atoms with Crippen molar-refractivity contribution in [3.05, 3.63) is 65.5 Å². The average Bonchev–Trinajstić information content (AvgIpc) is 3.72. The van der Waals surface area contributed by atoms with E-state index in [4.69, 9.17) is 25.9 Å². The molecule has 0 saturated carbocycles. The lowest BCUT2D eigenvalue weighted by atomic mass is 9.95. The normalized spacial score (nSPS) is 21.6. The summed E-state index contributed by atoms with van der Waals surface area (Å²) in [6.45, 7) is 6.67. The molecule has 2 aromatic carbocycles. The largest absolute Gasteiger partial charge is 0.573 e. The number of nitrogens with one attached hydrogen (secondary N) is 1. The first kappa shape index (κ1) is 38.3. The molecule has 3 aromatic heterocycles. The van der Waals surface area contributed by atoms with Gasteiger partial charge in [-0.05, 0) is 67.8 Å². The van der Waals surface area contributed by atoms with Crippen molar-refractivity contribution >= 4 is 27.5 Å². The Labute approximate surface area is 325 Å². The fourth-order valence-electron chi connectivity index (χ4n) is 8.76. The number of terminal acetylenes is 1. The Balaban J connectivity index is 0.00000224. The number of phenolic OH excluding ortho intramolecular Hbond substituents is 1. The second-order valence-electron chi connectivity index (χ2n) is 14.3. The molecule has 2 N–H and O–H groups in total. The van der Waals surface area contributed by atoms with Crippen molar-refractivity contribution in [1.29, 1.82) is 0 Å². The van der Waals surface area contributed by atoms with Crippen LogP contribution in [0.4, 0.5) is 27.8 Å². The predicted molar refractivity (Wildman–Crippen MR) is 202 cm³/mol. The van der Waals surface area contributed by atoms with Crippen LogP contribution < -0.4 is 24.4 Å². The average molecular weight is 790 g/mol.